The molecular formula is C31H39F3N4O5. The Kier molecular flexibility index (Phi) is 9.01. The summed E-state index contributed by atoms with van der Waals surface area (Å²) in [7, 11) is 0. The smallest absolute Gasteiger partial charge is 0.389 e. The number of alkyl halides is 3. The molecule has 3 heterocycles. The maximum Gasteiger partial charge on any atom is 0.389 e. The van der Waals surface area contributed by atoms with Crippen molar-refractivity contribution in [2.24, 2.45) is 11.3 Å². The number of rotatable bonds is 7. The predicted molar refractivity (Wildman–Crippen MR) is 153 cm³/mol. The molecule has 2 saturated heterocycles. The summed E-state index contributed by atoms with van der Waals surface area (Å²) in [5.41, 5.74) is -1.08. The standard InChI is InChI=1S/C31H39F3N4O5/c32-31(33,34)17-23(19-39)27(41)37-13-10-30(43,29(20-37)8-4-5-9-29)21-38-18-25(28(42)36-14-11-35-12-15-36)24(16-26(38)40)22-6-2-1-3-7-22/h1-3,6-7,16,18,23,35,39,43H,4-5,8-15,17,19-21H2. The Bertz CT molecular complexity index is 1370. The summed E-state index contributed by atoms with van der Waals surface area (Å²) in [5, 5.41) is 25.0. The molecule has 2 aromatic rings. The normalized spacial score (nSPS) is 23.0. The number of aromatic nitrogens is 1. The van der Waals surface area contributed by atoms with Crippen LogP contribution in [0.4, 0.5) is 13.2 Å². The molecule has 12 heteroatoms. The summed E-state index contributed by atoms with van der Waals surface area (Å²) in [6.45, 7) is 1.36. The average molecular weight is 605 g/mol. The number of aliphatic hydroxyl groups excluding tert-OH is 1. The lowest BCUT2D eigenvalue weighted by molar-refractivity contribution is -0.175. The summed E-state index contributed by atoms with van der Waals surface area (Å²) in [6, 6.07) is 10.6. The molecule has 2 aliphatic heterocycles. The maximum atomic E-state index is 13.8. The summed E-state index contributed by atoms with van der Waals surface area (Å²) < 4.78 is 40.6. The second-order valence-electron chi connectivity index (χ2n) is 12.2. The fourth-order valence-electron chi connectivity index (χ4n) is 7.10. The van der Waals surface area contributed by atoms with Gasteiger partial charge in [-0.15, -0.1) is 0 Å². The summed E-state index contributed by atoms with van der Waals surface area (Å²) >= 11 is 0. The molecule has 9 nitrogen and oxygen atoms in total. The number of carbonyl (C=O) groups is 2. The van der Waals surface area contributed by atoms with Crippen LogP contribution in [0.15, 0.2) is 47.4 Å². The van der Waals surface area contributed by atoms with E-state index < -0.39 is 42.0 Å². The lowest BCUT2D eigenvalue weighted by Gasteiger charge is -2.52. The lowest BCUT2D eigenvalue weighted by Crippen LogP contribution is -2.62. The highest BCUT2D eigenvalue weighted by atomic mass is 19.4. The fourth-order valence-corrected chi connectivity index (χ4v) is 7.10. The van der Waals surface area contributed by atoms with E-state index in [2.05, 4.69) is 5.32 Å². The number of nitrogens with zero attached hydrogens (tertiary/aromatic N) is 3. The number of nitrogens with one attached hydrogen (secondary N) is 1. The molecule has 1 aliphatic carbocycles. The van der Waals surface area contributed by atoms with Gasteiger partial charge in [-0.1, -0.05) is 43.2 Å². The Morgan fingerprint density at radius 3 is 2.30 bits per heavy atom. The van der Waals surface area contributed by atoms with E-state index in [0.717, 1.165) is 18.4 Å². The minimum absolute atomic E-state index is 0.00510. The molecular weight excluding hydrogens is 565 g/mol. The molecule has 43 heavy (non-hydrogen) atoms. The van der Waals surface area contributed by atoms with Gasteiger partial charge in [0.25, 0.3) is 11.5 Å². The second-order valence-corrected chi connectivity index (χ2v) is 12.2. The molecule has 1 saturated carbocycles. The zero-order valence-electron chi connectivity index (χ0n) is 24.1. The van der Waals surface area contributed by atoms with Crippen LogP contribution in [0.25, 0.3) is 11.1 Å². The van der Waals surface area contributed by atoms with Crippen LogP contribution in [0.3, 0.4) is 0 Å². The molecule has 2 unspecified atom stereocenters. The van der Waals surface area contributed by atoms with Gasteiger partial charge in [0.15, 0.2) is 0 Å². The number of amides is 2. The van der Waals surface area contributed by atoms with E-state index in [1.54, 1.807) is 4.90 Å². The Morgan fingerprint density at radius 1 is 1.00 bits per heavy atom. The minimum Gasteiger partial charge on any atom is -0.396 e. The number of likely N-dealkylation sites (tertiary alicyclic amines) is 1. The molecule has 0 bridgehead atoms. The van der Waals surface area contributed by atoms with E-state index in [0.29, 0.717) is 50.1 Å². The zero-order chi connectivity index (χ0) is 30.8. The number of hydrogen-bond acceptors (Lipinski definition) is 6. The zero-order valence-corrected chi connectivity index (χ0v) is 24.1. The predicted octanol–water partition coefficient (Wildman–Crippen LogP) is 2.65. The van der Waals surface area contributed by atoms with E-state index in [4.69, 9.17) is 0 Å². The molecule has 2 atom stereocenters. The minimum atomic E-state index is -4.60. The van der Waals surface area contributed by atoms with Gasteiger partial charge in [-0.2, -0.15) is 13.2 Å². The first kappa shape index (κ1) is 31.2. The molecule has 3 N–H and O–H groups in total. The average Bonchev–Trinajstić information content (AvgIpc) is 3.48. The molecule has 3 fully saturated rings. The first-order chi connectivity index (χ1) is 20.5. The third kappa shape index (κ3) is 6.51. The van der Waals surface area contributed by atoms with Crippen LogP contribution >= 0.6 is 0 Å². The molecule has 1 spiro atoms. The highest BCUT2D eigenvalue weighted by Gasteiger charge is 2.56. The summed E-state index contributed by atoms with van der Waals surface area (Å²) in [5.74, 6) is -2.59. The molecule has 2 amide bonds. The van der Waals surface area contributed by atoms with Crippen LogP contribution < -0.4 is 10.9 Å². The van der Waals surface area contributed by atoms with Gasteiger partial charge >= 0.3 is 6.18 Å². The third-order valence-electron chi connectivity index (χ3n) is 9.47. The van der Waals surface area contributed by atoms with Gasteiger partial charge in [0.1, 0.15) is 0 Å². The van der Waals surface area contributed by atoms with Crippen molar-refractivity contribution in [1.29, 1.82) is 0 Å². The van der Waals surface area contributed by atoms with Crippen molar-refractivity contribution >= 4 is 11.8 Å². The van der Waals surface area contributed by atoms with Crippen LogP contribution in [-0.2, 0) is 11.3 Å². The number of halogens is 3. The molecule has 5 rings (SSSR count). The van der Waals surface area contributed by atoms with Gasteiger partial charge < -0.3 is 29.9 Å². The number of piperazine rings is 1. The third-order valence-corrected chi connectivity index (χ3v) is 9.47. The lowest BCUT2D eigenvalue weighted by atomic mass is 9.65. The number of hydrogen-bond donors (Lipinski definition) is 3. The van der Waals surface area contributed by atoms with Gasteiger partial charge in [0.05, 0.1) is 36.7 Å². The van der Waals surface area contributed by atoms with Crippen molar-refractivity contribution in [3.63, 3.8) is 0 Å². The summed E-state index contributed by atoms with van der Waals surface area (Å²) in [4.78, 5) is 43.5. The van der Waals surface area contributed by atoms with Gasteiger partial charge in [0.2, 0.25) is 5.91 Å². The van der Waals surface area contributed by atoms with Gasteiger partial charge in [-0.25, -0.2) is 0 Å². The van der Waals surface area contributed by atoms with Crippen LogP contribution in [0.1, 0.15) is 48.9 Å². The SMILES string of the molecule is O=C(c1cn(CC2(O)CCN(C(=O)C(CO)CC(F)(F)F)CC23CCCC3)c(=O)cc1-c1ccccc1)N1CCNCC1. The van der Waals surface area contributed by atoms with Crippen LogP contribution in [0.2, 0.25) is 0 Å². The largest absolute Gasteiger partial charge is 0.396 e. The van der Waals surface area contributed by atoms with Gasteiger partial charge in [0, 0.05) is 62.5 Å². The van der Waals surface area contributed by atoms with Crippen LogP contribution in [0.5, 0.6) is 0 Å². The van der Waals surface area contributed by atoms with E-state index >= 15 is 0 Å². The van der Waals surface area contributed by atoms with E-state index in [1.807, 2.05) is 30.3 Å². The Morgan fingerprint density at radius 2 is 1.67 bits per heavy atom. The monoisotopic (exact) mass is 604 g/mol. The Hall–Kier alpha value is -3.22. The van der Waals surface area contributed by atoms with Gasteiger partial charge in [-0.05, 0) is 24.8 Å². The van der Waals surface area contributed by atoms with Crippen molar-refractivity contribution in [1.82, 2.24) is 19.7 Å². The molecule has 0 radical (unpaired) electrons. The molecule has 1 aromatic carbocycles. The van der Waals surface area contributed by atoms with Crippen LogP contribution in [0, 0.1) is 11.3 Å². The fraction of sp³-hybridized carbons (Fsp3) is 0.581. The van der Waals surface area contributed by atoms with Gasteiger partial charge in [-0.3, -0.25) is 14.4 Å². The Labute approximate surface area is 248 Å². The van der Waals surface area contributed by atoms with Crippen molar-refractivity contribution in [2.75, 3.05) is 45.9 Å². The first-order valence-electron chi connectivity index (χ1n) is 14.9. The Balaban J connectivity index is 1.47. The van der Waals surface area contributed by atoms with Crippen LogP contribution in [-0.4, -0.2) is 94.0 Å². The topological polar surface area (TPSA) is 115 Å². The molecule has 234 valence electrons. The molecule has 1 aromatic heterocycles. The second kappa shape index (κ2) is 12.4. The van der Waals surface area contributed by atoms with Crippen molar-refractivity contribution in [2.45, 2.75) is 56.8 Å². The van der Waals surface area contributed by atoms with E-state index in [9.17, 15) is 37.8 Å². The van der Waals surface area contributed by atoms with Crippen molar-refractivity contribution < 1.29 is 33.0 Å². The number of pyridine rings is 1. The van der Waals surface area contributed by atoms with E-state index in [-0.39, 0.29) is 37.5 Å². The summed E-state index contributed by atoms with van der Waals surface area (Å²) in [6.07, 6.45) is -1.81. The molecule has 3 aliphatic rings. The quantitative estimate of drug-likeness (QED) is 0.448. The van der Waals surface area contributed by atoms with Crippen molar-refractivity contribution in [3.05, 3.63) is 58.5 Å². The maximum absolute atomic E-state index is 13.8. The van der Waals surface area contributed by atoms with Crippen molar-refractivity contribution in [3.8, 4) is 11.1 Å². The number of aliphatic hydroxyl groups is 2. The number of piperidine rings is 1. The highest BCUT2D eigenvalue weighted by Crippen LogP contribution is 2.52. The number of benzene rings is 1. The highest BCUT2D eigenvalue weighted by molar-refractivity contribution is 6.00. The number of carbonyl (C=O) groups excluding carboxylic acids is 2. The first-order valence-corrected chi connectivity index (χ1v) is 14.9. The van der Waals surface area contributed by atoms with E-state index in [1.165, 1.54) is 21.7 Å².